The zero-order chi connectivity index (χ0) is 12.7. The maximum absolute atomic E-state index is 8.76. The largest absolute Gasteiger partial charge is 0.396 e. The molecule has 1 N–H and O–H groups in total. The first-order valence-corrected chi connectivity index (χ1v) is 7.37. The van der Waals surface area contributed by atoms with Gasteiger partial charge in [0.1, 0.15) is 0 Å². The summed E-state index contributed by atoms with van der Waals surface area (Å²) in [5.74, 6) is 0.893. The first-order valence-electron chi connectivity index (χ1n) is 7.37. The van der Waals surface area contributed by atoms with Gasteiger partial charge in [-0.05, 0) is 69.5 Å². The van der Waals surface area contributed by atoms with Gasteiger partial charge in [0.2, 0.25) is 0 Å². The van der Waals surface area contributed by atoms with Gasteiger partial charge in [-0.25, -0.2) is 0 Å². The minimum Gasteiger partial charge on any atom is -0.396 e. The Bertz CT molecular complexity index is 198. The molecule has 0 spiro atoms. The summed E-state index contributed by atoms with van der Waals surface area (Å²) in [5.41, 5.74) is 0.479. The summed E-state index contributed by atoms with van der Waals surface area (Å²) in [5, 5.41) is 8.76. The molecule has 1 atom stereocenters. The van der Waals surface area contributed by atoms with E-state index in [0.717, 1.165) is 12.3 Å². The molecule has 1 saturated heterocycles. The van der Waals surface area contributed by atoms with Crippen LogP contribution in [-0.2, 0) is 0 Å². The summed E-state index contributed by atoms with van der Waals surface area (Å²) < 4.78 is 0. The molecule has 0 aromatic carbocycles. The van der Waals surface area contributed by atoms with E-state index < -0.39 is 0 Å². The van der Waals surface area contributed by atoms with Crippen molar-refractivity contribution in [2.75, 3.05) is 26.2 Å². The summed E-state index contributed by atoms with van der Waals surface area (Å²) in [7, 11) is 0. The van der Waals surface area contributed by atoms with Gasteiger partial charge in [0.05, 0.1) is 0 Å². The van der Waals surface area contributed by atoms with Crippen LogP contribution >= 0.6 is 0 Å². The third-order valence-electron chi connectivity index (χ3n) is 4.18. The third-order valence-corrected chi connectivity index (χ3v) is 4.18. The second-order valence-corrected chi connectivity index (χ2v) is 6.62. The minimum atomic E-state index is 0.353. The SMILES string of the molecule is CC(C)(C)C1CCCN(CCCCCO)CC1. The fraction of sp³-hybridized carbons (Fsp3) is 1.00. The van der Waals surface area contributed by atoms with Crippen molar-refractivity contribution in [2.24, 2.45) is 11.3 Å². The van der Waals surface area contributed by atoms with E-state index in [1.54, 1.807) is 0 Å². The number of hydrogen-bond acceptors (Lipinski definition) is 2. The molecule has 0 aliphatic carbocycles. The standard InChI is InChI=1S/C15H31NO/c1-15(2,3)14-8-7-11-16(12-9-14)10-5-4-6-13-17/h14,17H,4-13H2,1-3H3. The number of aliphatic hydroxyl groups excluding tert-OH is 1. The highest BCUT2D eigenvalue weighted by Gasteiger charge is 2.26. The number of rotatable bonds is 5. The Morgan fingerprint density at radius 3 is 2.47 bits per heavy atom. The van der Waals surface area contributed by atoms with Crippen molar-refractivity contribution in [2.45, 2.75) is 59.3 Å². The first kappa shape index (κ1) is 15.0. The van der Waals surface area contributed by atoms with Crippen LogP contribution < -0.4 is 0 Å². The molecule has 0 amide bonds. The molecule has 0 bridgehead atoms. The molecule has 1 aliphatic heterocycles. The Balaban J connectivity index is 2.23. The van der Waals surface area contributed by atoms with Crippen LogP contribution in [0.2, 0.25) is 0 Å². The molecule has 102 valence electrons. The van der Waals surface area contributed by atoms with Crippen molar-refractivity contribution in [1.82, 2.24) is 4.90 Å². The molecule has 1 heterocycles. The van der Waals surface area contributed by atoms with Crippen molar-refractivity contribution in [3.63, 3.8) is 0 Å². The Hall–Kier alpha value is -0.0800. The molecule has 1 fully saturated rings. The van der Waals surface area contributed by atoms with Gasteiger partial charge in [-0.2, -0.15) is 0 Å². The molecular formula is C15H31NO. The summed E-state index contributed by atoms with van der Waals surface area (Å²) in [6.07, 6.45) is 7.52. The molecule has 1 unspecified atom stereocenters. The van der Waals surface area contributed by atoms with Crippen molar-refractivity contribution in [3.8, 4) is 0 Å². The van der Waals surface area contributed by atoms with Crippen LogP contribution in [0.1, 0.15) is 59.3 Å². The fourth-order valence-electron chi connectivity index (χ4n) is 2.87. The predicted octanol–water partition coefficient (Wildman–Crippen LogP) is 3.30. The van der Waals surface area contributed by atoms with Gasteiger partial charge < -0.3 is 10.0 Å². The lowest BCUT2D eigenvalue weighted by Gasteiger charge is -2.29. The number of unbranched alkanes of at least 4 members (excludes halogenated alkanes) is 2. The predicted molar refractivity (Wildman–Crippen MR) is 74.2 cm³/mol. The number of likely N-dealkylation sites (tertiary alicyclic amines) is 1. The second-order valence-electron chi connectivity index (χ2n) is 6.62. The first-order chi connectivity index (χ1) is 8.04. The summed E-state index contributed by atoms with van der Waals surface area (Å²) in [4.78, 5) is 2.63. The van der Waals surface area contributed by atoms with Crippen LogP contribution in [0.4, 0.5) is 0 Å². The van der Waals surface area contributed by atoms with E-state index in [0.29, 0.717) is 12.0 Å². The molecule has 0 saturated carbocycles. The van der Waals surface area contributed by atoms with Crippen molar-refractivity contribution < 1.29 is 5.11 Å². The van der Waals surface area contributed by atoms with E-state index >= 15 is 0 Å². The summed E-state index contributed by atoms with van der Waals surface area (Å²) in [6, 6.07) is 0. The zero-order valence-electron chi connectivity index (χ0n) is 12.0. The quantitative estimate of drug-likeness (QED) is 0.747. The Morgan fingerprint density at radius 1 is 1.06 bits per heavy atom. The van der Waals surface area contributed by atoms with Gasteiger partial charge in [-0.1, -0.05) is 20.8 Å². The van der Waals surface area contributed by atoms with E-state index in [9.17, 15) is 0 Å². The van der Waals surface area contributed by atoms with Gasteiger partial charge in [0.15, 0.2) is 0 Å². The topological polar surface area (TPSA) is 23.5 Å². The molecule has 1 aliphatic rings. The van der Waals surface area contributed by atoms with Crippen LogP contribution in [-0.4, -0.2) is 36.2 Å². The second kappa shape index (κ2) is 7.38. The molecule has 0 aromatic rings. The Labute approximate surface area is 107 Å². The Morgan fingerprint density at radius 2 is 1.82 bits per heavy atom. The van der Waals surface area contributed by atoms with E-state index in [2.05, 4.69) is 25.7 Å². The molecular weight excluding hydrogens is 210 g/mol. The zero-order valence-corrected chi connectivity index (χ0v) is 12.0. The lowest BCUT2D eigenvalue weighted by molar-refractivity contribution is 0.206. The number of hydrogen-bond donors (Lipinski definition) is 1. The van der Waals surface area contributed by atoms with Gasteiger partial charge in [0.25, 0.3) is 0 Å². The maximum Gasteiger partial charge on any atom is 0.0431 e. The van der Waals surface area contributed by atoms with Gasteiger partial charge in [0, 0.05) is 6.61 Å². The van der Waals surface area contributed by atoms with E-state index in [-0.39, 0.29) is 0 Å². The van der Waals surface area contributed by atoms with Crippen molar-refractivity contribution >= 4 is 0 Å². The normalized spacial score (nSPS) is 23.6. The molecule has 1 rings (SSSR count). The van der Waals surface area contributed by atoms with E-state index in [1.807, 2.05) is 0 Å². The molecule has 2 heteroatoms. The highest BCUT2D eigenvalue weighted by molar-refractivity contribution is 4.78. The van der Waals surface area contributed by atoms with E-state index in [1.165, 1.54) is 51.7 Å². The molecule has 2 nitrogen and oxygen atoms in total. The van der Waals surface area contributed by atoms with Crippen molar-refractivity contribution in [3.05, 3.63) is 0 Å². The highest BCUT2D eigenvalue weighted by atomic mass is 16.2. The molecule has 0 aromatic heterocycles. The third kappa shape index (κ3) is 5.87. The molecule has 17 heavy (non-hydrogen) atoms. The van der Waals surface area contributed by atoms with E-state index in [4.69, 9.17) is 5.11 Å². The van der Waals surface area contributed by atoms with Crippen molar-refractivity contribution in [1.29, 1.82) is 0 Å². The summed E-state index contributed by atoms with van der Waals surface area (Å²) >= 11 is 0. The fourth-order valence-corrected chi connectivity index (χ4v) is 2.87. The average molecular weight is 241 g/mol. The van der Waals surface area contributed by atoms with Crippen LogP contribution in [0.3, 0.4) is 0 Å². The lowest BCUT2D eigenvalue weighted by Crippen LogP contribution is -2.27. The van der Waals surface area contributed by atoms with Crippen LogP contribution in [0.25, 0.3) is 0 Å². The average Bonchev–Trinajstić information content (AvgIpc) is 2.49. The smallest absolute Gasteiger partial charge is 0.0431 e. The van der Waals surface area contributed by atoms with Crippen LogP contribution in [0.5, 0.6) is 0 Å². The lowest BCUT2D eigenvalue weighted by atomic mass is 9.77. The van der Waals surface area contributed by atoms with Crippen LogP contribution in [0, 0.1) is 11.3 Å². The molecule has 0 radical (unpaired) electrons. The highest BCUT2D eigenvalue weighted by Crippen LogP contribution is 2.34. The minimum absolute atomic E-state index is 0.353. The van der Waals surface area contributed by atoms with Gasteiger partial charge >= 0.3 is 0 Å². The number of aliphatic hydroxyl groups is 1. The number of nitrogens with zero attached hydrogens (tertiary/aromatic N) is 1. The summed E-state index contributed by atoms with van der Waals surface area (Å²) in [6.45, 7) is 11.3. The van der Waals surface area contributed by atoms with Gasteiger partial charge in [-0.15, -0.1) is 0 Å². The Kier molecular flexibility index (Phi) is 6.50. The monoisotopic (exact) mass is 241 g/mol. The maximum atomic E-state index is 8.76. The van der Waals surface area contributed by atoms with Crippen LogP contribution in [0.15, 0.2) is 0 Å². The van der Waals surface area contributed by atoms with Gasteiger partial charge in [-0.3, -0.25) is 0 Å².